The van der Waals surface area contributed by atoms with Gasteiger partial charge in [0.05, 0.1) is 7.11 Å². The zero-order valence-electron chi connectivity index (χ0n) is 33.6. The Kier molecular flexibility index (Phi) is 18.9. The Hall–Kier alpha value is -4.16. The van der Waals surface area contributed by atoms with Crippen molar-refractivity contribution in [2.75, 3.05) is 14.2 Å². The first-order chi connectivity index (χ1) is 24.1. The molecule has 0 saturated heterocycles. The van der Waals surface area contributed by atoms with Crippen molar-refractivity contribution in [2.45, 2.75) is 138 Å². The highest BCUT2D eigenvalue weighted by atomic mass is 16.6. The molecule has 5 atom stereocenters. The first-order valence-electron chi connectivity index (χ1n) is 18.3. The van der Waals surface area contributed by atoms with Gasteiger partial charge in [0.1, 0.15) is 35.8 Å². The van der Waals surface area contributed by atoms with E-state index in [0.29, 0.717) is 6.42 Å². The van der Waals surface area contributed by atoms with Gasteiger partial charge in [-0.3, -0.25) is 19.2 Å². The molecule has 0 spiro atoms. The molecule has 52 heavy (non-hydrogen) atoms. The molecule has 0 bridgehead atoms. The second-order valence-corrected chi connectivity index (χ2v) is 16.1. The molecular weight excluding hydrogens is 666 g/mol. The molecule has 5 amide bonds. The molecule has 13 heteroatoms. The molecule has 0 aromatic heterocycles. The number of alkyl carbamates (subject to hydrolysis) is 1. The van der Waals surface area contributed by atoms with Gasteiger partial charge in [-0.1, -0.05) is 85.7 Å². The normalized spacial score (nSPS) is 14.6. The fourth-order valence-corrected chi connectivity index (χ4v) is 5.62. The maximum atomic E-state index is 14.0. The van der Waals surface area contributed by atoms with E-state index < -0.39 is 77.4 Å². The molecule has 0 unspecified atom stereocenters. The molecule has 0 heterocycles. The van der Waals surface area contributed by atoms with Crippen LogP contribution in [0.5, 0.6) is 0 Å². The summed E-state index contributed by atoms with van der Waals surface area (Å²) in [5.41, 5.74) is 0.0678. The molecule has 4 N–H and O–H groups in total. The van der Waals surface area contributed by atoms with Crippen molar-refractivity contribution >= 4 is 35.7 Å². The van der Waals surface area contributed by atoms with Crippen molar-refractivity contribution in [3.63, 3.8) is 0 Å². The van der Waals surface area contributed by atoms with Gasteiger partial charge >= 0.3 is 12.1 Å². The maximum Gasteiger partial charge on any atom is 0.408 e. The summed E-state index contributed by atoms with van der Waals surface area (Å²) in [5.74, 6) is -3.12. The van der Waals surface area contributed by atoms with Gasteiger partial charge in [0.2, 0.25) is 23.6 Å². The Balaban J connectivity index is 3.27. The zero-order chi connectivity index (χ0) is 39.9. The number of hydrogen-bond donors (Lipinski definition) is 4. The number of hydrogen-bond acceptors (Lipinski definition) is 8. The number of ether oxygens (including phenoxy) is 2. The third-order valence-electron chi connectivity index (χ3n) is 8.18. The number of esters is 1. The quantitative estimate of drug-likeness (QED) is 0.152. The third-order valence-corrected chi connectivity index (χ3v) is 8.18. The summed E-state index contributed by atoms with van der Waals surface area (Å²) in [6.45, 7) is 20.2. The number of carbonyl (C=O) groups excluding carboxylic acids is 6. The molecule has 0 radical (unpaired) electrons. The van der Waals surface area contributed by atoms with Gasteiger partial charge in [-0.25, -0.2) is 9.59 Å². The highest BCUT2D eigenvalue weighted by Gasteiger charge is 2.36. The van der Waals surface area contributed by atoms with E-state index in [0.717, 1.165) is 5.56 Å². The van der Waals surface area contributed by atoms with E-state index in [2.05, 4.69) is 21.3 Å². The zero-order valence-corrected chi connectivity index (χ0v) is 33.6. The number of nitrogens with zero attached hydrogens (tertiary/aromatic N) is 1. The number of carbonyl (C=O) groups is 6. The minimum Gasteiger partial charge on any atom is -0.467 e. The summed E-state index contributed by atoms with van der Waals surface area (Å²) in [7, 11) is 2.77. The summed E-state index contributed by atoms with van der Waals surface area (Å²) in [6.07, 6.45) is 0.321. The number of rotatable bonds is 19. The van der Waals surface area contributed by atoms with E-state index in [1.54, 1.807) is 34.6 Å². The van der Waals surface area contributed by atoms with Crippen molar-refractivity contribution in [1.29, 1.82) is 0 Å². The number of amides is 5. The Labute approximate surface area is 311 Å². The predicted molar refractivity (Wildman–Crippen MR) is 201 cm³/mol. The molecule has 1 aromatic carbocycles. The molecule has 13 nitrogen and oxygen atoms in total. The smallest absolute Gasteiger partial charge is 0.408 e. The van der Waals surface area contributed by atoms with Crippen LogP contribution in [-0.2, 0) is 39.9 Å². The van der Waals surface area contributed by atoms with Gasteiger partial charge in [0.25, 0.3) is 0 Å². The van der Waals surface area contributed by atoms with Crippen LogP contribution < -0.4 is 21.3 Å². The van der Waals surface area contributed by atoms with E-state index in [4.69, 9.17) is 9.47 Å². The van der Waals surface area contributed by atoms with Crippen molar-refractivity contribution in [1.82, 2.24) is 26.2 Å². The van der Waals surface area contributed by atoms with E-state index in [1.165, 1.54) is 19.1 Å². The Bertz CT molecular complexity index is 1330. The topological polar surface area (TPSA) is 172 Å². The lowest BCUT2D eigenvalue weighted by Gasteiger charge is -2.32. The van der Waals surface area contributed by atoms with Crippen LogP contribution in [0.1, 0.15) is 101 Å². The molecule has 0 aliphatic carbocycles. The summed E-state index contributed by atoms with van der Waals surface area (Å²) >= 11 is 0. The SMILES string of the molecule is COC(=O)[C@H](Cc1ccccc1)N(C)C(=O)[C@H](CC(C)C)NC(=O)[C@@H](NC(=O)[C@H](CC(C)C)NC(=O)[C@H](CC(C)C)NC(=O)OC(C)(C)C)C(C)C. The molecule has 0 saturated carbocycles. The Morgan fingerprint density at radius 2 is 1.13 bits per heavy atom. The lowest BCUT2D eigenvalue weighted by molar-refractivity contribution is -0.153. The second-order valence-electron chi connectivity index (χ2n) is 16.1. The van der Waals surface area contributed by atoms with Crippen molar-refractivity contribution in [3.8, 4) is 0 Å². The minimum atomic E-state index is -1.06. The van der Waals surface area contributed by atoms with Crippen molar-refractivity contribution in [2.24, 2.45) is 23.7 Å². The molecular formula is C39H65N5O8. The van der Waals surface area contributed by atoms with Crippen LogP contribution in [0.15, 0.2) is 30.3 Å². The van der Waals surface area contributed by atoms with Crippen LogP contribution >= 0.6 is 0 Å². The van der Waals surface area contributed by atoms with Crippen LogP contribution in [0.3, 0.4) is 0 Å². The van der Waals surface area contributed by atoms with E-state index in [9.17, 15) is 28.8 Å². The largest absolute Gasteiger partial charge is 0.467 e. The molecule has 0 aliphatic heterocycles. The average Bonchev–Trinajstić information content (AvgIpc) is 3.02. The third kappa shape index (κ3) is 16.5. The van der Waals surface area contributed by atoms with Crippen molar-refractivity contribution in [3.05, 3.63) is 35.9 Å². The standard InChI is InChI=1S/C39H65N5O8/c1-23(2)19-28(40-33(45)29(20-24(3)4)42-38(50)52-39(9,10)11)34(46)43-32(26(7)8)35(47)41-30(21-25(5)6)36(48)44(12)31(37(49)51-13)22-27-17-15-14-16-18-27/h14-18,23-26,28-32H,19-22H2,1-13H3,(H,40,45)(H,41,47)(H,42,50)(H,43,46)/t28-,29-,30-,31-,32-/m0/s1. The van der Waals surface area contributed by atoms with Crippen molar-refractivity contribution < 1.29 is 38.2 Å². The lowest BCUT2D eigenvalue weighted by Crippen LogP contribution is -2.60. The fraction of sp³-hybridized carbons (Fsp3) is 0.692. The first-order valence-corrected chi connectivity index (χ1v) is 18.3. The maximum absolute atomic E-state index is 14.0. The molecule has 1 rings (SSSR count). The average molecular weight is 732 g/mol. The first kappa shape index (κ1) is 45.9. The highest BCUT2D eigenvalue weighted by molar-refractivity contribution is 5.96. The van der Waals surface area contributed by atoms with Gasteiger partial charge in [-0.15, -0.1) is 0 Å². The molecule has 294 valence electrons. The molecule has 1 aromatic rings. The summed E-state index contributed by atoms with van der Waals surface area (Å²) < 4.78 is 10.4. The number of likely N-dealkylation sites (N-methyl/N-ethyl adjacent to an activating group) is 1. The second kappa shape index (κ2) is 21.4. The van der Waals surface area contributed by atoms with Gasteiger partial charge in [0.15, 0.2) is 0 Å². The van der Waals surface area contributed by atoms with Gasteiger partial charge < -0.3 is 35.6 Å². The summed E-state index contributed by atoms with van der Waals surface area (Å²) in [4.78, 5) is 81.9. The molecule has 0 aliphatic rings. The van der Waals surface area contributed by atoms with Gasteiger partial charge in [-0.2, -0.15) is 0 Å². The highest BCUT2D eigenvalue weighted by Crippen LogP contribution is 2.16. The minimum absolute atomic E-state index is 0.000787. The van der Waals surface area contributed by atoms with Crippen LogP contribution in [0.25, 0.3) is 0 Å². The Morgan fingerprint density at radius 3 is 1.60 bits per heavy atom. The fourth-order valence-electron chi connectivity index (χ4n) is 5.62. The predicted octanol–water partition coefficient (Wildman–Crippen LogP) is 4.37. The molecule has 0 fully saturated rings. The summed E-state index contributed by atoms with van der Waals surface area (Å²) in [6, 6.07) is 4.29. The van der Waals surface area contributed by atoms with Crippen LogP contribution in [0.4, 0.5) is 4.79 Å². The van der Waals surface area contributed by atoms with Gasteiger partial charge in [0, 0.05) is 13.5 Å². The van der Waals surface area contributed by atoms with Crippen LogP contribution in [0.2, 0.25) is 0 Å². The van der Waals surface area contributed by atoms with E-state index in [1.807, 2.05) is 71.9 Å². The van der Waals surface area contributed by atoms with Crippen LogP contribution in [0, 0.1) is 23.7 Å². The van der Waals surface area contributed by atoms with Gasteiger partial charge in [-0.05, 0) is 69.3 Å². The number of methoxy groups -OCH3 is 1. The van der Waals surface area contributed by atoms with Crippen LogP contribution in [-0.4, -0.2) is 90.6 Å². The lowest BCUT2D eigenvalue weighted by atomic mass is 9.97. The number of nitrogens with one attached hydrogen (secondary N) is 4. The van der Waals surface area contributed by atoms with E-state index in [-0.39, 0.29) is 37.0 Å². The number of benzene rings is 1. The monoisotopic (exact) mass is 731 g/mol. The van der Waals surface area contributed by atoms with E-state index >= 15 is 0 Å². The Morgan fingerprint density at radius 1 is 0.673 bits per heavy atom. The summed E-state index contributed by atoms with van der Waals surface area (Å²) in [5, 5.41) is 11.1.